The number of benzene rings is 1. The molecule has 0 atom stereocenters. The maximum Gasteiger partial charge on any atom is 0.233 e. The maximum atomic E-state index is 12.7. The lowest BCUT2D eigenvalue weighted by molar-refractivity contribution is -0.119. The van der Waals surface area contributed by atoms with Crippen molar-refractivity contribution in [2.45, 2.75) is 6.54 Å². The average Bonchev–Trinajstić information content (AvgIpc) is 2.32. The largest absolute Gasteiger partial charge is 0.354 e. The van der Waals surface area contributed by atoms with Gasteiger partial charge in [0, 0.05) is 19.6 Å². The lowest BCUT2D eigenvalue weighted by Crippen LogP contribution is -2.36. The number of rotatable bonds is 6. The molecular weight excluding hydrogens is 292 g/mol. The summed E-state index contributed by atoms with van der Waals surface area (Å²) in [5.41, 5.74) is 6.21. The lowest BCUT2D eigenvalue weighted by Gasteiger charge is -2.16. The SMILES string of the molecule is CN(CCNC(=O)CN)Cc1ccc(F)cc1.Cl.Cl. The van der Waals surface area contributed by atoms with Gasteiger partial charge in [-0.3, -0.25) is 4.79 Å². The third kappa shape index (κ3) is 8.77. The summed E-state index contributed by atoms with van der Waals surface area (Å²) >= 11 is 0. The summed E-state index contributed by atoms with van der Waals surface area (Å²) in [6.07, 6.45) is 0. The molecule has 1 aromatic rings. The fraction of sp³-hybridized carbons (Fsp3) is 0.417. The zero-order chi connectivity index (χ0) is 12.7. The van der Waals surface area contributed by atoms with Gasteiger partial charge in [0.2, 0.25) is 5.91 Å². The zero-order valence-electron chi connectivity index (χ0n) is 10.8. The minimum atomic E-state index is -0.230. The van der Waals surface area contributed by atoms with Crippen molar-refractivity contribution < 1.29 is 9.18 Å². The Hall–Kier alpha value is -0.880. The standard InChI is InChI=1S/C12H18FN3O.2ClH/c1-16(7-6-15-12(17)8-14)9-10-2-4-11(13)5-3-10;;/h2-5H,6-9,14H2,1H3,(H,15,17);2*1H. The first-order valence-electron chi connectivity index (χ1n) is 5.51. The van der Waals surface area contributed by atoms with Gasteiger partial charge in [-0.05, 0) is 24.7 Å². The molecular formula is C12H20Cl2FN3O. The molecule has 0 bridgehead atoms. The van der Waals surface area contributed by atoms with E-state index in [0.29, 0.717) is 6.54 Å². The van der Waals surface area contributed by atoms with E-state index < -0.39 is 0 Å². The van der Waals surface area contributed by atoms with E-state index in [9.17, 15) is 9.18 Å². The summed E-state index contributed by atoms with van der Waals surface area (Å²) in [6, 6.07) is 6.40. The third-order valence-electron chi connectivity index (χ3n) is 2.37. The van der Waals surface area contributed by atoms with E-state index in [4.69, 9.17) is 5.73 Å². The van der Waals surface area contributed by atoms with E-state index in [2.05, 4.69) is 5.32 Å². The molecule has 1 aromatic carbocycles. The van der Waals surface area contributed by atoms with Gasteiger partial charge in [-0.2, -0.15) is 0 Å². The van der Waals surface area contributed by atoms with Gasteiger partial charge in [0.05, 0.1) is 6.54 Å². The Morgan fingerprint density at radius 1 is 1.32 bits per heavy atom. The quantitative estimate of drug-likeness (QED) is 0.829. The van der Waals surface area contributed by atoms with Gasteiger partial charge in [-0.15, -0.1) is 24.8 Å². The van der Waals surface area contributed by atoms with Crippen LogP contribution in [0, 0.1) is 5.82 Å². The van der Waals surface area contributed by atoms with Crippen LogP contribution < -0.4 is 11.1 Å². The Morgan fingerprint density at radius 3 is 2.42 bits per heavy atom. The first kappa shape index (κ1) is 20.4. The number of nitrogens with zero attached hydrogens (tertiary/aromatic N) is 1. The third-order valence-corrected chi connectivity index (χ3v) is 2.37. The molecule has 110 valence electrons. The number of carbonyl (C=O) groups is 1. The van der Waals surface area contributed by atoms with Gasteiger partial charge in [0.15, 0.2) is 0 Å². The normalized spacial score (nSPS) is 9.47. The van der Waals surface area contributed by atoms with Gasteiger partial charge in [-0.1, -0.05) is 12.1 Å². The second-order valence-electron chi connectivity index (χ2n) is 3.92. The molecule has 3 N–H and O–H groups in total. The van der Waals surface area contributed by atoms with Crippen LogP contribution in [0.2, 0.25) is 0 Å². The first-order chi connectivity index (χ1) is 8.11. The second kappa shape index (κ2) is 11.0. The van der Waals surface area contributed by atoms with Crippen LogP contribution >= 0.6 is 24.8 Å². The Morgan fingerprint density at radius 2 is 1.89 bits per heavy atom. The molecule has 0 saturated carbocycles. The highest BCUT2D eigenvalue weighted by atomic mass is 35.5. The fourth-order valence-electron chi connectivity index (χ4n) is 1.44. The molecule has 0 heterocycles. The number of nitrogens with one attached hydrogen (secondary N) is 1. The van der Waals surface area contributed by atoms with Crippen molar-refractivity contribution in [1.82, 2.24) is 10.2 Å². The molecule has 0 fully saturated rings. The topological polar surface area (TPSA) is 58.4 Å². The molecule has 0 unspecified atom stereocenters. The number of nitrogens with two attached hydrogens (primary N) is 1. The number of hydrogen-bond donors (Lipinski definition) is 2. The number of amides is 1. The Labute approximate surface area is 125 Å². The van der Waals surface area contributed by atoms with Crippen molar-refractivity contribution in [2.75, 3.05) is 26.7 Å². The van der Waals surface area contributed by atoms with E-state index in [1.165, 1.54) is 12.1 Å². The van der Waals surface area contributed by atoms with E-state index >= 15 is 0 Å². The minimum Gasteiger partial charge on any atom is -0.354 e. The smallest absolute Gasteiger partial charge is 0.233 e. The van der Waals surface area contributed by atoms with Crippen LogP contribution in [0.1, 0.15) is 5.56 Å². The highest BCUT2D eigenvalue weighted by Gasteiger charge is 2.01. The van der Waals surface area contributed by atoms with Crippen molar-refractivity contribution in [1.29, 1.82) is 0 Å². The van der Waals surface area contributed by atoms with Crippen molar-refractivity contribution in [3.63, 3.8) is 0 Å². The van der Waals surface area contributed by atoms with E-state index in [1.54, 1.807) is 12.1 Å². The Kier molecular flexibility index (Phi) is 11.8. The maximum absolute atomic E-state index is 12.7. The van der Waals surface area contributed by atoms with Crippen LogP contribution in [-0.4, -0.2) is 37.5 Å². The Bertz CT molecular complexity index is 362. The predicted molar refractivity (Wildman–Crippen MR) is 79.3 cm³/mol. The molecule has 0 spiro atoms. The lowest BCUT2D eigenvalue weighted by atomic mass is 10.2. The van der Waals surface area contributed by atoms with Gasteiger partial charge in [-0.25, -0.2) is 4.39 Å². The summed E-state index contributed by atoms with van der Waals surface area (Å²) in [7, 11) is 1.94. The first-order valence-corrected chi connectivity index (χ1v) is 5.51. The van der Waals surface area contributed by atoms with E-state index in [-0.39, 0.29) is 43.1 Å². The molecule has 0 aliphatic heterocycles. The summed E-state index contributed by atoms with van der Waals surface area (Å²) < 4.78 is 12.7. The highest BCUT2D eigenvalue weighted by molar-refractivity contribution is 5.85. The second-order valence-corrected chi connectivity index (χ2v) is 3.92. The number of likely N-dealkylation sites (N-methyl/N-ethyl adjacent to an activating group) is 1. The monoisotopic (exact) mass is 311 g/mol. The molecule has 7 heteroatoms. The van der Waals surface area contributed by atoms with Gasteiger partial charge >= 0.3 is 0 Å². The van der Waals surface area contributed by atoms with Gasteiger partial charge in [0.25, 0.3) is 0 Å². The van der Waals surface area contributed by atoms with Crippen molar-refractivity contribution >= 4 is 30.7 Å². The van der Waals surface area contributed by atoms with Gasteiger partial charge < -0.3 is 16.0 Å². The predicted octanol–water partition coefficient (Wildman–Crippen LogP) is 1.18. The van der Waals surface area contributed by atoms with Crippen LogP contribution in [0.15, 0.2) is 24.3 Å². The minimum absolute atomic E-state index is 0. The van der Waals surface area contributed by atoms with Crippen molar-refractivity contribution in [3.05, 3.63) is 35.6 Å². The number of carbonyl (C=O) groups excluding carboxylic acids is 1. The van der Waals surface area contributed by atoms with Crippen LogP contribution in [0.5, 0.6) is 0 Å². The van der Waals surface area contributed by atoms with E-state index in [0.717, 1.165) is 18.7 Å². The Balaban J connectivity index is 0. The van der Waals surface area contributed by atoms with E-state index in [1.807, 2.05) is 11.9 Å². The van der Waals surface area contributed by atoms with Crippen LogP contribution in [0.4, 0.5) is 4.39 Å². The summed E-state index contributed by atoms with van der Waals surface area (Å²) in [4.78, 5) is 12.9. The van der Waals surface area contributed by atoms with Gasteiger partial charge in [0.1, 0.15) is 5.82 Å². The molecule has 1 rings (SSSR count). The van der Waals surface area contributed by atoms with Crippen molar-refractivity contribution in [3.8, 4) is 0 Å². The molecule has 0 aliphatic rings. The summed E-state index contributed by atoms with van der Waals surface area (Å²) in [5, 5.41) is 2.69. The zero-order valence-corrected chi connectivity index (χ0v) is 12.4. The molecule has 1 amide bonds. The molecule has 4 nitrogen and oxygen atoms in total. The summed E-state index contributed by atoms with van der Waals surface area (Å²) in [5.74, 6) is -0.383. The molecule has 0 aliphatic carbocycles. The molecule has 19 heavy (non-hydrogen) atoms. The average molecular weight is 312 g/mol. The number of hydrogen-bond acceptors (Lipinski definition) is 3. The summed E-state index contributed by atoms with van der Waals surface area (Å²) in [6.45, 7) is 2.03. The molecule has 0 radical (unpaired) electrons. The molecule has 0 saturated heterocycles. The van der Waals surface area contributed by atoms with Crippen LogP contribution in [0.3, 0.4) is 0 Å². The van der Waals surface area contributed by atoms with Crippen LogP contribution in [0.25, 0.3) is 0 Å². The highest BCUT2D eigenvalue weighted by Crippen LogP contribution is 2.04. The van der Waals surface area contributed by atoms with Crippen molar-refractivity contribution in [2.24, 2.45) is 5.73 Å². The van der Waals surface area contributed by atoms with Crippen LogP contribution in [-0.2, 0) is 11.3 Å². The molecule has 0 aromatic heterocycles. The number of halogens is 3. The fourth-order valence-corrected chi connectivity index (χ4v) is 1.44.